The van der Waals surface area contributed by atoms with E-state index >= 15 is 0 Å². The summed E-state index contributed by atoms with van der Waals surface area (Å²) in [6.07, 6.45) is 6.41. The van der Waals surface area contributed by atoms with Crippen LogP contribution >= 0.6 is 0 Å². The van der Waals surface area contributed by atoms with E-state index in [0.29, 0.717) is 4.90 Å². The van der Waals surface area contributed by atoms with Crippen LogP contribution in [-0.2, 0) is 16.4 Å². The molecule has 0 aliphatic carbocycles. The van der Waals surface area contributed by atoms with Gasteiger partial charge in [0.1, 0.15) is 0 Å². The van der Waals surface area contributed by atoms with Crippen LogP contribution < -0.4 is 0 Å². The Morgan fingerprint density at radius 1 is 1.04 bits per heavy atom. The number of hydrogen-bond donors (Lipinski definition) is 0. The molecule has 1 heterocycles. The molecule has 3 rings (SSSR count). The Kier molecular flexibility index (Phi) is 5.40. The summed E-state index contributed by atoms with van der Waals surface area (Å²) in [4.78, 5) is 0.380. The van der Waals surface area contributed by atoms with Gasteiger partial charge in [-0.1, -0.05) is 67.1 Å². The fraction of sp³-hybridized carbons (Fsp3) is 0.333. The van der Waals surface area contributed by atoms with Gasteiger partial charge in [0.15, 0.2) is 0 Å². The summed E-state index contributed by atoms with van der Waals surface area (Å²) in [5.41, 5.74) is 2.23. The van der Waals surface area contributed by atoms with E-state index in [1.165, 1.54) is 5.56 Å². The number of aryl methyl sites for hydroxylation is 1. The van der Waals surface area contributed by atoms with E-state index in [0.717, 1.165) is 24.8 Å². The Morgan fingerprint density at radius 2 is 1.72 bits per heavy atom. The molecule has 0 bridgehead atoms. The van der Waals surface area contributed by atoms with Gasteiger partial charge in [0, 0.05) is 12.1 Å². The molecule has 0 spiro atoms. The quantitative estimate of drug-likeness (QED) is 0.749. The van der Waals surface area contributed by atoms with Crippen molar-refractivity contribution in [1.82, 2.24) is 4.31 Å². The van der Waals surface area contributed by atoms with Crippen LogP contribution in [0.2, 0.25) is 0 Å². The number of rotatable bonds is 5. The second kappa shape index (κ2) is 7.54. The van der Waals surface area contributed by atoms with Crippen molar-refractivity contribution in [2.24, 2.45) is 0 Å². The Labute approximate surface area is 151 Å². The lowest BCUT2D eigenvalue weighted by Crippen LogP contribution is -2.48. The van der Waals surface area contributed by atoms with Crippen LogP contribution in [0, 0.1) is 6.92 Å². The van der Waals surface area contributed by atoms with Crippen LogP contribution in [0.15, 0.2) is 71.6 Å². The average molecular weight is 356 g/mol. The van der Waals surface area contributed by atoms with E-state index in [1.54, 1.807) is 16.4 Å². The zero-order chi connectivity index (χ0) is 17.9. The molecule has 25 heavy (non-hydrogen) atoms. The molecule has 2 atom stereocenters. The van der Waals surface area contributed by atoms with Crippen LogP contribution in [0.5, 0.6) is 0 Å². The minimum Gasteiger partial charge on any atom is -0.207 e. The molecule has 132 valence electrons. The van der Waals surface area contributed by atoms with Gasteiger partial charge >= 0.3 is 0 Å². The lowest BCUT2D eigenvalue weighted by atomic mass is 9.98. The first kappa shape index (κ1) is 17.9. The molecule has 2 aromatic rings. The van der Waals surface area contributed by atoms with Crippen molar-refractivity contribution in [2.75, 3.05) is 0 Å². The molecule has 0 saturated heterocycles. The molecule has 0 amide bonds. The second-order valence-corrected chi connectivity index (χ2v) is 8.47. The lowest BCUT2D eigenvalue weighted by Gasteiger charge is -2.38. The van der Waals surface area contributed by atoms with Gasteiger partial charge in [0.05, 0.1) is 4.90 Å². The molecular formula is C21H25NO2S. The zero-order valence-corrected chi connectivity index (χ0v) is 15.6. The maximum Gasteiger partial charge on any atom is 0.243 e. The van der Waals surface area contributed by atoms with Gasteiger partial charge in [-0.15, -0.1) is 0 Å². The Hall–Kier alpha value is -1.91. The van der Waals surface area contributed by atoms with E-state index < -0.39 is 10.0 Å². The highest BCUT2D eigenvalue weighted by atomic mass is 32.2. The fourth-order valence-electron chi connectivity index (χ4n) is 3.43. The van der Waals surface area contributed by atoms with Crippen LogP contribution in [0.4, 0.5) is 0 Å². The highest BCUT2D eigenvalue weighted by molar-refractivity contribution is 7.89. The Balaban J connectivity index is 1.97. The third kappa shape index (κ3) is 3.86. The minimum absolute atomic E-state index is 0.0522. The van der Waals surface area contributed by atoms with Crippen molar-refractivity contribution in [3.63, 3.8) is 0 Å². The maximum absolute atomic E-state index is 13.4. The number of hydrogen-bond acceptors (Lipinski definition) is 2. The van der Waals surface area contributed by atoms with Crippen molar-refractivity contribution in [1.29, 1.82) is 0 Å². The van der Waals surface area contributed by atoms with E-state index in [9.17, 15) is 8.42 Å². The van der Waals surface area contributed by atoms with Gasteiger partial charge in [-0.2, -0.15) is 4.31 Å². The lowest BCUT2D eigenvalue weighted by molar-refractivity contribution is 0.260. The molecule has 1 aliphatic heterocycles. The molecule has 0 radical (unpaired) electrons. The second-order valence-electron chi connectivity index (χ2n) is 6.63. The Bertz CT molecular complexity index is 826. The molecule has 3 nitrogen and oxygen atoms in total. The normalized spacial score (nSPS) is 21.4. The summed E-state index contributed by atoms with van der Waals surface area (Å²) >= 11 is 0. The van der Waals surface area contributed by atoms with E-state index in [-0.39, 0.29) is 12.1 Å². The van der Waals surface area contributed by atoms with Gasteiger partial charge in [-0.3, -0.25) is 0 Å². The van der Waals surface area contributed by atoms with Crippen LogP contribution in [0.3, 0.4) is 0 Å². The van der Waals surface area contributed by atoms with Crippen molar-refractivity contribution in [3.8, 4) is 0 Å². The maximum atomic E-state index is 13.4. The topological polar surface area (TPSA) is 37.4 Å². The summed E-state index contributed by atoms with van der Waals surface area (Å²) in [6, 6.07) is 17.1. The molecule has 0 aromatic heterocycles. The van der Waals surface area contributed by atoms with Gasteiger partial charge in [0.2, 0.25) is 10.0 Å². The van der Waals surface area contributed by atoms with Crippen LogP contribution in [0.25, 0.3) is 0 Å². The number of nitrogens with zero attached hydrogens (tertiary/aromatic N) is 1. The fourth-order valence-corrected chi connectivity index (χ4v) is 5.29. The highest BCUT2D eigenvalue weighted by Gasteiger charge is 2.37. The zero-order valence-electron chi connectivity index (χ0n) is 14.8. The summed E-state index contributed by atoms with van der Waals surface area (Å²) < 4.78 is 28.4. The van der Waals surface area contributed by atoms with E-state index in [1.807, 2.05) is 50.3 Å². The van der Waals surface area contributed by atoms with Crippen molar-refractivity contribution in [3.05, 3.63) is 77.9 Å². The smallest absolute Gasteiger partial charge is 0.207 e. The predicted octanol–water partition coefficient (Wildman–Crippen LogP) is 4.34. The molecule has 0 saturated carbocycles. The highest BCUT2D eigenvalue weighted by Crippen LogP contribution is 2.29. The molecule has 0 unspecified atom stereocenters. The average Bonchev–Trinajstić information content (AvgIpc) is 2.62. The summed E-state index contributed by atoms with van der Waals surface area (Å²) in [5, 5.41) is 0. The van der Waals surface area contributed by atoms with Gasteiger partial charge in [0.25, 0.3) is 0 Å². The third-order valence-electron chi connectivity index (χ3n) is 4.78. The molecule has 4 heteroatoms. The molecule has 0 fully saturated rings. The first-order chi connectivity index (χ1) is 12.0. The molecule has 1 aliphatic rings. The molecule has 0 N–H and O–H groups in total. The van der Waals surface area contributed by atoms with Crippen molar-refractivity contribution < 1.29 is 8.42 Å². The third-order valence-corrected chi connectivity index (χ3v) is 6.77. The van der Waals surface area contributed by atoms with Crippen molar-refractivity contribution >= 4 is 10.0 Å². The standard InChI is InChI=1S/C21H25NO2S/c1-3-19-10-7-11-20(16-18-8-5-4-6-9-18)22(19)25(23,24)21-14-12-17(2)13-15-21/h4-10,12-15,19-20H,3,11,16H2,1-2H3/t19-,20-/m1/s1. The van der Waals surface area contributed by atoms with E-state index in [2.05, 4.69) is 18.2 Å². The Morgan fingerprint density at radius 3 is 2.36 bits per heavy atom. The SMILES string of the molecule is CC[C@@H]1C=CC[C@H](Cc2ccccc2)N1S(=O)(=O)c1ccc(C)cc1. The number of sulfonamides is 1. The van der Waals surface area contributed by atoms with Gasteiger partial charge in [-0.05, 0) is 43.9 Å². The predicted molar refractivity (Wildman–Crippen MR) is 102 cm³/mol. The first-order valence-corrected chi connectivity index (χ1v) is 10.3. The number of benzene rings is 2. The molecular weight excluding hydrogens is 330 g/mol. The van der Waals surface area contributed by atoms with Gasteiger partial charge < -0.3 is 0 Å². The summed E-state index contributed by atoms with van der Waals surface area (Å²) in [6.45, 7) is 4.00. The van der Waals surface area contributed by atoms with Gasteiger partial charge in [-0.25, -0.2) is 8.42 Å². The summed E-state index contributed by atoms with van der Waals surface area (Å²) in [5.74, 6) is 0. The van der Waals surface area contributed by atoms with Crippen LogP contribution in [0.1, 0.15) is 30.9 Å². The monoisotopic (exact) mass is 355 g/mol. The van der Waals surface area contributed by atoms with Crippen LogP contribution in [-0.4, -0.2) is 24.8 Å². The largest absolute Gasteiger partial charge is 0.243 e. The minimum atomic E-state index is -3.53. The first-order valence-electron chi connectivity index (χ1n) is 8.83. The van der Waals surface area contributed by atoms with E-state index in [4.69, 9.17) is 0 Å². The van der Waals surface area contributed by atoms with Crippen molar-refractivity contribution in [2.45, 2.75) is 50.1 Å². The summed E-state index contributed by atoms with van der Waals surface area (Å²) in [7, 11) is -3.53. The molecule has 2 aromatic carbocycles.